The number of hydrogen-bond acceptors (Lipinski definition) is 5. The quantitative estimate of drug-likeness (QED) is 0.681. The van der Waals surface area contributed by atoms with E-state index < -0.39 is 0 Å². The fourth-order valence-corrected chi connectivity index (χ4v) is 3.93. The molecule has 3 rings (SSSR count). The lowest BCUT2D eigenvalue weighted by atomic mass is 10.1. The number of furan rings is 1. The first-order chi connectivity index (χ1) is 11.6. The molecule has 0 aliphatic carbocycles. The van der Waals surface area contributed by atoms with Crippen molar-refractivity contribution in [1.29, 1.82) is 0 Å². The number of para-hydroxylation sites is 1. The SMILES string of the molecule is Cc1cccc(C)c1NC(=O)CSCc1csc(-c2ccco2)n1. The third-order valence-corrected chi connectivity index (χ3v) is 5.38. The number of amides is 1. The van der Waals surface area contributed by atoms with Crippen LogP contribution in [0.5, 0.6) is 0 Å². The lowest BCUT2D eigenvalue weighted by Gasteiger charge is -2.11. The minimum atomic E-state index is 0.0129. The third-order valence-electron chi connectivity index (χ3n) is 3.51. The highest BCUT2D eigenvalue weighted by atomic mass is 32.2. The molecule has 2 aromatic heterocycles. The monoisotopic (exact) mass is 358 g/mol. The van der Waals surface area contributed by atoms with E-state index in [1.54, 1.807) is 29.4 Å². The highest BCUT2D eigenvalue weighted by molar-refractivity contribution is 7.99. The molecule has 6 heteroatoms. The number of nitrogens with one attached hydrogen (secondary N) is 1. The van der Waals surface area contributed by atoms with Gasteiger partial charge in [-0.1, -0.05) is 18.2 Å². The second-order valence-corrected chi connectivity index (χ2v) is 7.27. The van der Waals surface area contributed by atoms with Gasteiger partial charge in [-0.15, -0.1) is 23.1 Å². The molecular formula is C18H18N2O2S2. The van der Waals surface area contributed by atoms with Crippen LogP contribution in [0.25, 0.3) is 10.8 Å². The van der Waals surface area contributed by atoms with E-state index in [0.29, 0.717) is 11.5 Å². The van der Waals surface area contributed by atoms with E-state index in [4.69, 9.17) is 4.42 Å². The molecule has 0 aliphatic heterocycles. The van der Waals surface area contributed by atoms with E-state index in [-0.39, 0.29) is 5.91 Å². The molecule has 2 heterocycles. The van der Waals surface area contributed by atoms with Crippen LogP contribution in [0.3, 0.4) is 0 Å². The Morgan fingerprint density at radius 3 is 2.75 bits per heavy atom. The van der Waals surface area contributed by atoms with E-state index in [9.17, 15) is 4.79 Å². The smallest absolute Gasteiger partial charge is 0.234 e. The van der Waals surface area contributed by atoms with Crippen molar-refractivity contribution in [2.24, 2.45) is 0 Å². The van der Waals surface area contributed by atoms with Crippen molar-refractivity contribution in [3.63, 3.8) is 0 Å². The normalized spacial score (nSPS) is 10.8. The van der Waals surface area contributed by atoms with Gasteiger partial charge in [0, 0.05) is 16.8 Å². The average molecular weight is 358 g/mol. The minimum Gasteiger partial charge on any atom is -0.462 e. The van der Waals surface area contributed by atoms with Crippen molar-refractivity contribution in [1.82, 2.24) is 4.98 Å². The molecular weight excluding hydrogens is 340 g/mol. The number of aromatic nitrogens is 1. The molecule has 0 fully saturated rings. The Morgan fingerprint density at radius 1 is 1.25 bits per heavy atom. The van der Waals surface area contributed by atoms with Crippen molar-refractivity contribution in [2.75, 3.05) is 11.1 Å². The van der Waals surface area contributed by atoms with Gasteiger partial charge in [-0.2, -0.15) is 0 Å². The zero-order valence-corrected chi connectivity index (χ0v) is 15.2. The molecule has 1 aromatic carbocycles. The molecule has 0 saturated heterocycles. The van der Waals surface area contributed by atoms with Gasteiger partial charge in [0.2, 0.25) is 5.91 Å². The maximum atomic E-state index is 12.1. The van der Waals surface area contributed by atoms with Crippen molar-refractivity contribution in [2.45, 2.75) is 19.6 Å². The van der Waals surface area contributed by atoms with E-state index in [1.165, 1.54) is 0 Å². The van der Waals surface area contributed by atoms with Crippen LogP contribution in [0, 0.1) is 13.8 Å². The number of nitrogens with zero attached hydrogens (tertiary/aromatic N) is 1. The molecule has 0 bridgehead atoms. The van der Waals surface area contributed by atoms with Gasteiger partial charge in [0.15, 0.2) is 10.8 Å². The molecule has 4 nitrogen and oxygen atoms in total. The summed E-state index contributed by atoms with van der Waals surface area (Å²) in [5, 5.41) is 5.88. The fraction of sp³-hybridized carbons (Fsp3) is 0.222. The molecule has 0 saturated carbocycles. The summed E-state index contributed by atoms with van der Waals surface area (Å²) in [6, 6.07) is 9.74. The van der Waals surface area contributed by atoms with Gasteiger partial charge in [-0.3, -0.25) is 4.79 Å². The number of carbonyl (C=O) groups is 1. The highest BCUT2D eigenvalue weighted by Gasteiger charge is 2.10. The standard InChI is InChI=1S/C18H18N2O2S2/c1-12-5-3-6-13(2)17(12)20-16(21)11-23-9-14-10-24-18(19-14)15-7-4-8-22-15/h3-8,10H,9,11H2,1-2H3,(H,20,21). The van der Waals surface area contributed by atoms with Gasteiger partial charge < -0.3 is 9.73 Å². The van der Waals surface area contributed by atoms with Gasteiger partial charge in [0.05, 0.1) is 17.7 Å². The first-order valence-corrected chi connectivity index (χ1v) is 9.59. The van der Waals surface area contributed by atoms with Crippen molar-refractivity contribution in [3.8, 4) is 10.8 Å². The van der Waals surface area contributed by atoms with Crippen LogP contribution in [-0.4, -0.2) is 16.6 Å². The maximum absolute atomic E-state index is 12.1. The predicted molar refractivity (Wildman–Crippen MR) is 101 cm³/mol. The summed E-state index contributed by atoms with van der Waals surface area (Å²) in [4.78, 5) is 16.7. The summed E-state index contributed by atoms with van der Waals surface area (Å²) in [5.74, 6) is 1.90. The number of carbonyl (C=O) groups excluding carboxylic acids is 1. The van der Waals surface area contributed by atoms with Crippen LogP contribution >= 0.6 is 23.1 Å². The molecule has 3 aromatic rings. The Kier molecular flexibility index (Phi) is 5.37. The number of aryl methyl sites for hydroxylation is 2. The second-order valence-electron chi connectivity index (χ2n) is 5.43. The lowest BCUT2D eigenvalue weighted by molar-refractivity contribution is -0.113. The number of hydrogen-bond donors (Lipinski definition) is 1. The summed E-state index contributed by atoms with van der Waals surface area (Å²) in [5.41, 5.74) is 4.04. The Bertz CT molecular complexity index is 805. The first kappa shape index (κ1) is 16.8. The fourth-order valence-electron chi connectivity index (χ4n) is 2.32. The van der Waals surface area contributed by atoms with Crippen LogP contribution in [-0.2, 0) is 10.5 Å². The van der Waals surface area contributed by atoms with Crippen molar-refractivity contribution >= 4 is 34.7 Å². The lowest BCUT2D eigenvalue weighted by Crippen LogP contribution is -2.15. The Morgan fingerprint density at radius 2 is 2.04 bits per heavy atom. The highest BCUT2D eigenvalue weighted by Crippen LogP contribution is 2.26. The van der Waals surface area contributed by atoms with E-state index in [2.05, 4.69) is 10.3 Å². The average Bonchev–Trinajstić information content (AvgIpc) is 3.22. The molecule has 1 amide bonds. The number of rotatable bonds is 6. The maximum Gasteiger partial charge on any atom is 0.234 e. The van der Waals surface area contributed by atoms with E-state index >= 15 is 0 Å². The molecule has 0 unspecified atom stereocenters. The van der Waals surface area contributed by atoms with Crippen LogP contribution in [0.1, 0.15) is 16.8 Å². The number of thiazole rings is 1. The number of thioether (sulfide) groups is 1. The zero-order chi connectivity index (χ0) is 16.9. The van der Waals surface area contributed by atoms with E-state index in [0.717, 1.165) is 33.3 Å². The molecule has 24 heavy (non-hydrogen) atoms. The second kappa shape index (κ2) is 7.68. The molecule has 124 valence electrons. The largest absolute Gasteiger partial charge is 0.462 e. The van der Waals surface area contributed by atoms with Crippen LogP contribution in [0.4, 0.5) is 5.69 Å². The molecule has 0 atom stereocenters. The Balaban J connectivity index is 1.50. The molecule has 0 radical (unpaired) electrons. The topological polar surface area (TPSA) is 55.1 Å². The Labute approximate surface area is 149 Å². The molecule has 0 spiro atoms. The van der Waals surface area contributed by atoms with Crippen molar-refractivity contribution < 1.29 is 9.21 Å². The molecule has 0 aliphatic rings. The van der Waals surface area contributed by atoms with Crippen LogP contribution in [0.2, 0.25) is 0 Å². The van der Waals surface area contributed by atoms with E-state index in [1.807, 2.05) is 49.6 Å². The number of anilines is 1. The summed E-state index contributed by atoms with van der Waals surface area (Å²) in [7, 11) is 0. The predicted octanol–water partition coefficient (Wildman–Crippen LogP) is 4.89. The first-order valence-electron chi connectivity index (χ1n) is 7.55. The van der Waals surface area contributed by atoms with Gasteiger partial charge in [0.1, 0.15) is 0 Å². The Hall–Kier alpha value is -2.05. The third kappa shape index (κ3) is 4.07. The summed E-state index contributed by atoms with van der Waals surface area (Å²) in [6.45, 7) is 4.00. The van der Waals surface area contributed by atoms with Gasteiger partial charge in [0.25, 0.3) is 0 Å². The zero-order valence-electron chi connectivity index (χ0n) is 13.5. The summed E-state index contributed by atoms with van der Waals surface area (Å²) >= 11 is 3.11. The van der Waals surface area contributed by atoms with Gasteiger partial charge in [-0.25, -0.2) is 4.98 Å². The van der Waals surface area contributed by atoms with Gasteiger partial charge >= 0.3 is 0 Å². The number of benzene rings is 1. The summed E-state index contributed by atoms with van der Waals surface area (Å²) in [6.07, 6.45) is 1.64. The van der Waals surface area contributed by atoms with Crippen LogP contribution < -0.4 is 5.32 Å². The summed E-state index contributed by atoms with van der Waals surface area (Å²) < 4.78 is 5.34. The minimum absolute atomic E-state index is 0.0129. The molecule has 1 N–H and O–H groups in total. The van der Waals surface area contributed by atoms with Crippen LogP contribution in [0.15, 0.2) is 46.4 Å². The van der Waals surface area contributed by atoms with Crippen molar-refractivity contribution in [3.05, 3.63) is 58.8 Å². The van der Waals surface area contributed by atoms with Gasteiger partial charge in [-0.05, 0) is 37.1 Å².